The van der Waals surface area contributed by atoms with Gasteiger partial charge in [-0.3, -0.25) is 0 Å². The van der Waals surface area contributed by atoms with Crippen molar-refractivity contribution >= 4 is 85.8 Å². The molecule has 0 bridgehead atoms. The van der Waals surface area contributed by atoms with Crippen LogP contribution in [0, 0.1) is 0 Å². The fourth-order valence-corrected chi connectivity index (χ4v) is 12.0. The fourth-order valence-electron chi connectivity index (χ4n) is 10.9. The zero-order valence-electron chi connectivity index (χ0n) is 35.1. The minimum atomic E-state index is 0.0205. The molecule has 5 heteroatoms. The van der Waals surface area contributed by atoms with Gasteiger partial charge in [0.15, 0.2) is 17.5 Å². The van der Waals surface area contributed by atoms with Gasteiger partial charge in [0.1, 0.15) is 11.2 Å². The minimum Gasteiger partial charge on any atom is -0.456 e. The molecule has 0 fully saturated rings. The molecule has 0 saturated carbocycles. The van der Waals surface area contributed by atoms with E-state index in [0.717, 1.165) is 62.2 Å². The molecule has 13 aromatic rings. The van der Waals surface area contributed by atoms with Crippen LogP contribution in [-0.4, -0.2) is 15.0 Å². The molecule has 0 radical (unpaired) electrons. The molecule has 1 unspecified atom stereocenters. The third-order valence-electron chi connectivity index (χ3n) is 13.8. The van der Waals surface area contributed by atoms with Crippen LogP contribution in [0.1, 0.15) is 29.0 Å². The Morgan fingerprint density at radius 1 is 0.415 bits per heavy atom. The molecule has 65 heavy (non-hydrogen) atoms. The Hall–Kier alpha value is -7.99. The van der Waals surface area contributed by atoms with E-state index >= 15 is 0 Å². The van der Waals surface area contributed by atoms with E-state index in [2.05, 4.69) is 170 Å². The third-order valence-corrected chi connectivity index (χ3v) is 14.9. The van der Waals surface area contributed by atoms with Gasteiger partial charge >= 0.3 is 0 Å². The largest absolute Gasteiger partial charge is 0.456 e. The van der Waals surface area contributed by atoms with Crippen molar-refractivity contribution in [3.63, 3.8) is 0 Å². The molecule has 1 aliphatic carbocycles. The molecule has 0 aliphatic heterocycles. The van der Waals surface area contributed by atoms with Crippen LogP contribution in [0.5, 0.6) is 0 Å². The first-order valence-corrected chi connectivity index (χ1v) is 23.2. The van der Waals surface area contributed by atoms with Crippen LogP contribution >= 0.6 is 11.3 Å². The molecule has 0 N–H and O–H groups in total. The van der Waals surface area contributed by atoms with E-state index in [1.54, 1.807) is 0 Å². The van der Waals surface area contributed by atoms with Crippen molar-refractivity contribution in [2.45, 2.75) is 18.8 Å². The highest BCUT2D eigenvalue weighted by Crippen LogP contribution is 2.51. The highest BCUT2D eigenvalue weighted by Gasteiger charge is 2.31. The van der Waals surface area contributed by atoms with Crippen molar-refractivity contribution in [3.05, 3.63) is 211 Å². The van der Waals surface area contributed by atoms with Gasteiger partial charge in [0.2, 0.25) is 0 Å². The van der Waals surface area contributed by atoms with Crippen molar-refractivity contribution in [2.75, 3.05) is 0 Å². The lowest BCUT2D eigenvalue weighted by atomic mass is 9.80. The molecule has 304 valence electrons. The monoisotopic (exact) mass is 847 g/mol. The molecule has 1 atom stereocenters. The van der Waals surface area contributed by atoms with Crippen LogP contribution < -0.4 is 0 Å². The van der Waals surface area contributed by atoms with Gasteiger partial charge in [-0.15, -0.1) is 11.3 Å². The second-order valence-electron chi connectivity index (χ2n) is 17.3. The van der Waals surface area contributed by atoms with E-state index in [1.807, 2.05) is 35.6 Å². The Bertz CT molecular complexity index is 4100. The summed E-state index contributed by atoms with van der Waals surface area (Å²) in [5.41, 5.74) is 11.2. The molecular formula is C60H37N3OS. The number of nitrogens with zero attached hydrogens (tertiary/aromatic N) is 3. The second-order valence-corrected chi connectivity index (χ2v) is 18.4. The summed E-state index contributed by atoms with van der Waals surface area (Å²) in [4.78, 5) is 16.8. The second kappa shape index (κ2) is 14.3. The Morgan fingerprint density at radius 2 is 1.05 bits per heavy atom. The number of rotatable bonds is 4. The molecule has 14 rings (SSSR count). The number of para-hydroxylation sites is 1. The smallest absolute Gasteiger partial charge is 0.165 e. The molecule has 10 aromatic carbocycles. The van der Waals surface area contributed by atoms with Gasteiger partial charge in [-0.1, -0.05) is 164 Å². The van der Waals surface area contributed by atoms with E-state index in [-0.39, 0.29) is 5.92 Å². The van der Waals surface area contributed by atoms with Crippen molar-refractivity contribution < 1.29 is 4.42 Å². The molecule has 0 amide bonds. The summed E-state index contributed by atoms with van der Waals surface area (Å²) in [6, 6.07) is 70.2. The zero-order chi connectivity index (χ0) is 42.6. The molecule has 3 heterocycles. The molecule has 1 aliphatic rings. The van der Waals surface area contributed by atoms with E-state index in [4.69, 9.17) is 19.4 Å². The summed E-state index contributed by atoms with van der Waals surface area (Å²) in [6.45, 7) is 0. The predicted molar refractivity (Wildman–Crippen MR) is 271 cm³/mol. The lowest BCUT2D eigenvalue weighted by molar-refractivity contribution is 0.669. The Labute approximate surface area is 378 Å². The Morgan fingerprint density at radius 3 is 1.91 bits per heavy atom. The lowest BCUT2D eigenvalue weighted by Gasteiger charge is -2.24. The third kappa shape index (κ3) is 5.65. The van der Waals surface area contributed by atoms with Gasteiger partial charge in [-0.25, -0.2) is 15.0 Å². The average Bonchev–Trinajstić information content (AvgIpc) is 3.89. The SMILES string of the molecule is c1ccc2cc3c(cc2c1)CCC(c1ccc2sc4ccccc4c2c1-c1nc(-c2cccc4ccccc24)nc(-c2cccc4oc5ccccc5c24)n1)c1c-3ccc2ccccc12. The highest BCUT2D eigenvalue weighted by atomic mass is 32.1. The van der Waals surface area contributed by atoms with Gasteiger partial charge < -0.3 is 4.42 Å². The summed E-state index contributed by atoms with van der Waals surface area (Å²) in [7, 11) is 0. The number of thiophene rings is 1. The number of aromatic nitrogens is 3. The first kappa shape index (κ1) is 36.5. The first-order valence-electron chi connectivity index (χ1n) is 22.3. The van der Waals surface area contributed by atoms with Crippen LogP contribution in [0.15, 0.2) is 199 Å². The zero-order valence-corrected chi connectivity index (χ0v) is 35.9. The Kier molecular flexibility index (Phi) is 8.01. The van der Waals surface area contributed by atoms with Crippen molar-refractivity contribution in [1.82, 2.24) is 15.0 Å². The number of benzene rings is 10. The van der Waals surface area contributed by atoms with Gasteiger partial charge in [-0.05, 0) is 103 Å². The summed E-state index contributed by atoms with van der Waals surface area (Å²) < 4.78 is 8.91. The Balaban J connectivity index is 1.11. The van der Waals surface area contributed by atoms with E-state index in [9.17, 15) is 0 Å². The predicted octanol–water partition coefficient (Wildman–Crippen LogP) is 16.3. The van der Waals surface area contributed by atoms with Crippen molar-refractivity contribution in [3.8, 4) is 45.3 Å². The summed E-state index contributed by atoms with van der Waals surface area (Å²) >= 11 is 1.83. The van der Waals surface area contributed by atoms with Crippen LogP contribution in [0.25, 0.3) is 120 Å². The van der Waals surface area contributed by atoms with E-state index in [1.165, 1.54) is 69.5 Å². The maximum absolute atomic E-state index is 6.46. The van der Waals surface area contributed by atoms with Gasteiger partial charge in [0.05, 0.1) is 0 Å². The molecule has 0 spiro atoms. The average molecular weight is 848 g/mol. The van der Waals surface area contributed by atoms with E-state index in [0.29, 0.717) is 17.5 Å². The van der Waals surface area contributed by atoms with Crippen molar-refractivity contribution in [1.29, 1.82) is 0 Å². The number of aryl methyl sites for hydroxylation is 1. The highest BCUT2D eigenvalue weighted by molar-refractivity contribution is 7.26. The summed E-state index contributed by atoms with van der Waals surface area (Å²) in [5, 5.41) is 11.7. The molecule has 4 nitrogen and oxygen atoms in total. The number of fused-ring (bicyclic) bond motifs is 13. The van der Waals surface area contributed by atoms with Crippen LogP contribution in [-0.2, 0) is 6.42 Å². The normalized spacial score (nSPS) is 13.9. The van der Waals surface area contributed by atoms with Crippen molar-refractivity contribution in [2.24, 2.45) is 0 Å². The maximum Gasteiger partial charge on any atom is 0.165 e. The minimum absolute atomic E-state index is 0.0205. The standard InChI is InChI=1S/C60H37N3OS/c1-2-16-38-34-49-39(33-37(38)15-1)28-30-42(54-41-19-6-4-14-36(41)27-29-44(49)54)43-31-32-53-56(47-21-8-10-26-52(47)65-53)57(43)60-62-58(45-22-11-17-35-13-3-5-18-40(35)45)61-59(63-60)48-23-12-25-51-55(48)46-20-7-9-24-50(46)64-51/h1-27,29,31-34,42H,28,30H2. The summed E-state index contributed by atoms with van der Waals surface area (Å²) in [5.74, 6) is 1.94. The van der Waals surface area contributed by atoms with Crippen LogP contribution in [0.2, 0.25) is 0 Å². The quantitative estimate of drug-likeness (QED) is 0.177. The molecule has 0 saturated heterocycles. The first-order chi connectivity index (χ1) is 32.2. The lowest BCUT2D eigenvalue weighted by Crippen LogP contribution is -2.08. The summed E-state index contributed by atoms with van der Waals surface area (Å²) in [6.07, 6.45) is 1.84. The molecule has 3 aromatic heterocycles. The molecular weight excluding hydrogens is 811 g/mol. The van der Waals surface area contributed by atoms with E-state index < -0.39 is 0 Å². The number of hydrogen-bond donors (Lipinski definition) is 0. The van der Waals surface area contributed by atoms with Crippen LogP contribution in [0.4, 0.5) is 0 Å². The van der Waals surface area contributed by atoms with Crippen LogP contribution in [0.3, 0.4) is 0 Å². The number of hydrogen-bond acceptors (Lipinski definition) is 5. The van der Waals surface area contributed by atoms with Gasteiger partial charge in [0, 0.05) is 53.6 Å². The maximum atomic E-state index is 6.46. The fraction of sp³-hybridized carbons (Fsp3) is 0.0500. The van der Waals surface area contributed by atoms with Gasteiger partial charge in [0.25, 0.3) is 0 Å². The van der Waals surface area contributed by atoms with Gasteiger partial charge in [-0.2, -0.15) is 0 Å². The topological polar surface area (TPSA) is 51.8 Å². The number of furan rings is 1.